The van der Waals surface area contributed by atoms with Gasteiger partial charge in [-0.15, -0.1) is 0 Å². The van der Waals surface area contributed by atoms with Crippen molar-refractivity contribution in [1.29, 1.82) is 0 Å². The minimum atomic E-state index is 0.655. The smallest absolute Gasteiger partial charge is 0.191 e. The minimum Gasteiger partial charge on any atom is -0.383 e. The summed E-state index contributed by atoms with van der Waals surface area (Å²) in [6, 6.07) is 7.85. The maximum atomic E-state index is 5.93. The molecule has 0 spiro atoms. The van der Waals surface area contributed by atoms with Crippen LogP contribution in [0.2, 0.25) is 5.02 Å². The summed E-state index contributed by atoms with van der Waals surface area (Å²) in [6.45, 7) is 8.78. The van der Waals surface area contributed by atoms with Gasteiger partial charge in [-0.2, -0.15) is 0 Å². The standard InChI is InChI=1S/C19H31ClN4O/c1-3-21-19(22-14-16-4-6-18(20)7-5-16)23-15-17-8-10-24(11-9-17)12-13-25-2/h4-7,17H,3,8-15H2,1-2H3,(H2,21,22,23). The van der Waals surface area contributed by atoms with Crippen LogP contribution < -0.4 is 10.6 Å². The first-order valence-corrected chi connectivity index (χ1v) is 9.57. The number of nitrogens with zero attached hydrogens (tertiary/aromatic N) is 2. The van der Waals surface area contributed by atoms with E-state index < -0.39 is 0 Å². The van der Waals surface area contributed by atoms with Gasteiger partial charge in [-0.05, 0) is 56.5 Å². The highest BCUT2D eigenvalue weighted by Crippen LogP contribution is 2.16. The van der Waals surface area contributed by atoms with Crippen LogP contribution in [0.3, 0.4) is 0 Å². The highest BCUT2D eigenvalue weighted by molar-refractivity contribution is 6.30. The van der Waals surface area contributed by atoms with Crippen molar-refractivity contribution in [2.75, 3.05) is 46.4 Å². The molecule has 0 bridgehead atoms. The first-order chi connectivity index (χ1) is 12.2. The number of nitrogens with one attached hydrogen (secondary N) is 2. The van der Waals surface area contributed by atoms with Crippen LogP contribution in [0.15, 0.2) is 29.3 Å². The molecule has 0 saturated carbocycles. The van der Waals surface area contributed by atoms with Gasteiger partial charge >= 0.3 is 0 Å². The Balaban J connectivity index is 1.75. The van der Waals surface area contributed by atoms with Crippen LogP contribution in [-0.2, 0) is 11.3 Å². The normalized spacial score (nSPS) is 16.8. The zero-order chi connectivity index (χ0) is 17.9. The van der Waals surface area contributed by atoms with Crippen molar-refractivity contribution in [2.24, 2.45) is 10.9 Å². The van der Waals surface area contributed by atoms with Gasteiger partial charge in [0.05, 0.1) is 13.2 Å². The monoisotopic (exact) mass is 366 g/mol. The number of rotatable bonds is 8. The van der Waals surface area contributed by atoms with Gasteiger partial charge in [-0.25, -0.2) is 4.99 Å². The van der Waals surface area contributed by atoms with Gasteiger partial charge in [0.15, 0.2) is 5.96 Å². The Morgan fingerprint density at radius 3 is 2.60 bits per heavy atom. The fourth-order valence-corrected chi connectivity index (χ4v) is 3.10. The average Bonchev–Trinajstić information content (AvgIpc) is 2.64. The van der Waals surface area contributed by atoms with Crippen molar-refractivity contribution >= 4 is 17.6 Å². The van der Waals surface area contributed by atoms with Crippen molar-refractivity contribution in [3.8, 4) is 0 Å². The van der Waals surface area contributed by atoms with Crippen molar-refractivity contribution in [3.63, 3.8) is 0 Å². The number of ether oxygens (including phenoxy) is 1. The molecule has 6 heteroatoms. The molecule has 2 N–H and O–H groups in total. The molecule has 0 amide bonds. The third-order valence-electron chi connectivity index (χ3n) is 4.55. The van der Waals surface area contributed by atoms with Crippen LogP contribution in [0.4, 0.5) is 0 Å². The Kier molecular flexibility index (Phi) is 9.08. The Hall–Kier alpha value is -1.30. The summed E-state index contributed by atoms with van der Waals surface area (Å²) in [5.74, 6) is 1.59. The van der Waals surface area contributed by atoms with Gasteiger partial charge in [0.25, 0.3) is 0 Å². The van der Waals surface area contributed by atoms with Crippen LogP contribution in [0.25, 0.3) is 0 Å². The zero-order valence-electron chi connectivity index (χ0n) is 15.4. The van der Waals surface area contributed by atoms with Crippen LogP contribution in [-0.4, -0.2) is 57.3 Å². The molecule has 1 heterocycles. The van der Waals surface area contributed by atoms with E-state index in [1.165, 1.54) is 12.8 Å². The van der Waals surface area contributed by atoms with Crippen molar-refractivity contribution in [2.45, 2.75) is 26.3 Å². The molecule has 0 aromatic heterocycles. The molecule has 140 valence electrons. The number of aliphatic imine (C=N–C) groups is 1. The summed E-state index contributed by atoms with van der Waals surface area (Å²) in [5, 5.41) is 7.58. The van der Waals surface area contributed by atoms with E-state index in [1.54, 1.807) is 7.11 Å². The second kappa shape index (κ2) is 11.3. The molecular formula is C19H31ClN4O. The van der Waals surface area contributed by atoms with Crippen molar-refractivity contribution < 1.29 is 4.74 Å². The minimum absolute atomic E-state index is 0.655. The Morgan fingerprint density at radius 2 is 1.96 bits per heavy atom. The van der Waals surface area contributed by atoms with Crippen molar-refractivity contribution in [3.05, 3.63) is 34.9 Å². The van der Waals surface area contributed by atoms with Crippen LogP contribution >= 0.6 is 11.6 Å². The fourth-order valence-electron chi connectivity index (χ4n) is 2.98. The number of hydrogen-bond donors (Lipinski definition) is 2. The molecular weight excluding hydrogens is 336 g/mol. The molecule has 2 rings (SSSR count). The molecule has 0 unspecified atom stereocenters. The number of piperidine rings is 1. The second-order valence-electron chi connectivity index (χ2n) is 6.48. The molecule has 1 aromatic carbocycles. The van der Waals surface area contributed by atoms with E-state index in [4.69, 9.17) is 16.3 Å². The van der Waals surface area contributed by atoms with E-state index in [2.05, 4.69) is 27.4 Å². The summed E-state index contributed by atoms with van der Waals surface area (Å²) >= 11 is 5.93. The quantitative estimate of drug-likeness (QED) is 0.548. The highest BCUT2D eigenvalue weighted by atomic mass is 35.5. The molecule has 25 heavy (non-hydrogen) atoms. The SMILES string of the molecule is CCNC(=NCc1ccc(Cl)cc1)NCC1CCN(CCOC)CC1. The summed E-state index contributed by atoms with van der Waals surface area (Å²) in [6.07, 6.45) is 2.46. The third-order valence-corrected chi connectivity index (χ3v) is 4.81. The van der Waals surface area contributed by atoms with E-state index in [0.717, 1.165) is 55.9 Å². The molecule has 0 radical (unpaired) electrons. The molecule has 1 saturated heterocycles. The van der Waals surface area contributed by atoms with Gasteiger partial charge in [0, 0.05) is 31.8 Å². The lowest BCUT2D eigenvalue weighted by molar-refractivity contribution is 0.121. The van der Waals surface area contributed by atoms with Gasteiger partial charge < -0.3 is 20.3 Å². The lowest BCUT2D eigenvalue weighted by Gasteiger charge is -2.32. The Morgan fingerprint density at radius 1 is 1.24 bits per heavy atom. The highest BCUT2D eigenvalue weighted by Gasteiger charge is 2.18. The summed E-state index contributed by atoms with van der Waals surface area (Å²) in [7, 11) is 1.77. The van der Waals surface area contributed by atoms with Gasteiger partial charge in [-0.1, -0.05) is 23.7 Å². The molecule has 1 fully saturated rings. The van der Waals surface area contributed by atoms with E-state index in [1.807, 2.05) is 24.3 Å². The predicted octanol–water partition coefficient (Wildman–Crippen LogP) is 2.75. The first kappa shape index (κ1) is 20.0. The van der Waals surface area contributed by atoms with Gasteiger partial charge in [0.2, 0.25) is 0 Å². The number of methoxy groups -OCH3 is 1. The first-order valence-electron chi connectivity index (χ1n) is 9.19. The predicted molar refractivity (Wildman–Crippen MR) is 105 cm³/mol. The number of hydrogen-bond acceptors (Lipinski definition) is 3. The largest absolute Gasteiger partial charge is 0.383 e. The van der Waals surface area contributed by atoms with Crippen LogP contribution in [0.5, 0.6) is 0 Å². The van der Waals surface area contributed by atoms with E-state index >= 15 is 0 Å². The fraction of sp³-hybridized carbons (Fsp3) is 0.632. The summed E-state index contributed by atoms with van der Waals surface area (Å²) in [4.78, 5) is 7.16. The number of guanidine groups is 1. The number of benzene rings is 1. The average molecular weight is 367 g/mol. The molecule has 0 atom stereocenters. The Bertz CT molecular complexity index is 513. The summed E-state index contributed by atoms with van der Waals surface area (Å²) < 4.78 is 5.16. The lowest BCUT2D eigenvalue weighted by atomic mass is 9.97. The summed E-state index contributed by atoms with van der Waals surface area (Å²) in [5.41, 5.74) is 1.16. The van der Waals surface area contributed by atoms with E-state index in [-0.39, 0.29) is 0 Å². The molecule has 0 aliphatic carbocycles. The van der Waals surface area contributed by atoms with Crippen LogP contribution in [0, 0.1) is 5.92 Å². The number of halogens is 1. The maximum absolute atomic E-state index is 5.93. The maximum Gasteiger partial charge on any atom is 0.191 e. The molecule has 1 aliphatic heterocycles. The lowest BCUT2D eigenvalue weighted by Crippen LogP contribution is -2.43. The molecule has 5 nitrogen and oxygen atoms in total. The zero-order valence-corrected chi connectivity index (χ0v) is 16.2. The topological polar surface area (TPSA) is 48.9 Å². The third kappa shape index (κ3) is 7.63. The van der Waals surface area contributed by atoms with Gasteiger partial charge in [0.1, 0.15) is 0 Å². The van der Waals surface area contributed by atoms with Gasteiger partial charge in [-0.3, -0.25) is 0 Å². The molecule has 1 aromatic rings. The van der Waals surface area contributed by atoms with E-state index in [9.17, 15) is 0 Å². The van der Waals surface area contributed by atoms with Crippen molar-refractivity contribution in [1.82, 2.24) is 15.5 Å². The second-order valence-corrected chi connectivity index (χ2v) is 6.92. The molecule has 1 aliphatic rings. The Labute approximate surface area is 156 Å². The number of likely N-dealkylation sites (tertiary alicyclic amines) is 1. The van der Waals surface area contributed by atoms with E-state index in [0.29, 0.717) is 12.5 Å². The van der Waals surface area contributed by atoms with Crippen LogP contribution in [0.1, 0.15) is 25.3 Å².